The summed E-state index contributed by atoms with van der Waals surface area (Å²) >= 11 is 0. The molecule has 2 heterocycles. The number of hydrogen-bond acceptors (Lipinski definition) is 2. The Labute approximate surface area is 81.7 Å². The fourth-order valence-electron chi connectivity index (χ4n) is 2.60. The lowest BCUT2D eigenvalue weighted by atomic mass is 10.0. The van der Waals surface area contributed by atoms with E-state index in [0.717, 1.165) is 18.0 Å². The number of nitrogens with zero attached hydrogens (tertiary/aromatic N) is 1. The van der Waals surface area contributed by atoms with Crippen molar-refractivity contribution in [1.29, 1.82) is 0 Å². The Bertz CT molecular complexity index is 161. The van der Waals surface area contributed by atoms with E-state index < -0.39 is 0 Å². The maximum atomic E-state index is 3.58. The van der Waals surface area contributed by atoms with Crippen LogP contribution in [0.3, 0.4) is 0 Å². The van der Waals surface area contributed by atoms with E-state index >= 15 is 0 Å². The molecule has 3 unspecified atom stereocenters. The maximum absolute atomic E-state index is 3.58. The van der Waals surface area contributed by atoms with E-state index in [-0.39, 0.29) is 0 Å². The Kier molecular flexibility index (Phi) is 2.89. The molecule has 0 saturated carbocycles. The van der Waals surface area contributed by atoms with E-state index in [4.69, 9.17) is 0 Å². The van der Waals surface area contributed by atoms with Crippen molar-refractivity contribution in [1.82, 2.24) is 10.2 Å². The topological polar surface area (TPSA) is 15.3 Å². The predicted octanol–water partition coefficient (Wildman–Crippen LogP) is 1.47. The third-order valence-electron chi connectivity index (χ3n) is 3.61. The highest BCUT2D eigenvalue weighted by atomic mass is 15.2. The lowest BCUT2D eigenvalue weighted by molar-refractivity contribution is 0.182. The molecule has 2 fully saturated rings. The Morgan fingerprint density at radius 3 is 2.54 bits per heavy atom. The SMILES string of the molecule is CC1CCN(C2CCC(C)NC2)C1. The van der Waals surface area contributed by atoms with Crippen LogP contribution < -0.4 is 5.32 Å². The molecule has 13 heavy (non-hydrogen) atoms. The van der Waals surface area contributed by atoms with Gasteiger partial charge in [0.15, 0.2) is 0 Å². The van der Waals surface area contributed by atoms with Crippen LogP contribution in [-0.2, 0) is 0 Å². The van der Waals surface area contributed by atoms with Gasteiger partial charge in [-0.25, -0.2) is 0 Å². The molecule has 0 amide bonds. The first-order chi connectivity index (χ1) is 6.25. The van der Waals surface area contributed by atoms with Crippen LogP contribution in [0.25, 0.3) is 0 Å². The zero-order valence-corrected chi connectivity index (χ0v) is 8.92. The molecule has 3 atom stereocenters. The molecule has 0 bridgehead atoms. The summed E-state index contributed by atoms with van der Waals surface area (Å²) in [7, 11) is 0. The number of likely N-dealkylation sites (tertiary alicyclic amines) is 1. The van der Waals surface area contributed by atoms with E-state index in [1.807, 2.05) is 0 Å². The molecule has 0 aromatic rings. The molecule has 0 spiro atoms. The van der Waals surface area contributed by atoms with Crippen molar-refractivity contribution in [3.8, 4) is 0 Å². The van der Waals surface area contributed by atoms with Crippen molar-refractivity contribution in [3.63, 3.8) is 0 Å². The summed E-state index contributed by atoms with van der Waals surface area (Å²) in [4.78, 5) is 2.68. The predicted molar refractivity (Wildman–Crippen MR) is 55.8 cm³/mol. The quantitative estimate of drug-likeness (QED) is 0.660. The van der Waals surface area contributed by atoms with Crippen molar-refractivity contribution in [2.45, 2.75) is 45.2 Å². The third-order valence-corrected chi connectivity index (χ3v) is 3.61. The first-order valence-corrected chi connectivity index (χ1v) is 5.73. The summed E-state index contributed by atoms with van der Waals surface area (Å²) < 4.78 is 0. The molecule has 2 heteroatoms. The van der Waals surface area contributed by atoms with Gasteiger partial charge >= 0.3 is 0 Å². The summed E-state index contributed by atoms with van der Waals surface area (Å²) in [5.74, 6) is 0.930. The zero-order chi connectivity index (χ0) is 9.26. The van der Waals surface area contributed by atoms with Gasteiger partial charge in [0.1, 0.15) is 0 Å². The molecule has 0 aliphatic carbocycles. The van der Waals surface area contributed by atoms with Crippen molar-refractivity contribution >= 4 is 0 Å². The van der Waals surface area contributed by atoms with Gasteiger partial charge in [-0.2, -0.15) is 0 Å². The molecule has 0 radical (unpaired) electrons. The minimum atomic E-state index is 0.747. The fraction of sp³-hybridized carbons (Fsp3) is 1.00. The average Bonchev–Trinajstić information content (AvgIpc) is 2.53. The fourth-order valence-corrected chi connectivity index (χ4v) is 2.60. The lowest BCUT2D eigenvalue weighted by Crippen LogP contribution is -2.48. The summed E-state index contributed by atoms with van der Waals surface area (Å²) in [6.45, 7) is 8.55. The Morgan fingerprint density at radius 1 is 1.15 bits per heavy atom. The third kappa shape index (κ3) is 2.23. The second kappa shape index (κ2) is 3.97. The standard InChI is InChI=1S/C11H22N2/c1-9-5-6-13(8-9)11-4-3-10(2)12-7-11/h9-12H,3-8H2,1-2H3. The van der Waals surface area contributed by atoms with Crippen molar-refractivity contribution in [2.75, 3.05) is 19.6 Å². The van der Waals surface area contributed by atoms with Gasteiger partial charge in [0, 0.05) is 25.2 Å². The Morgan fingerprint density at radius 2 is 2.00 bits per heavy atom. The van der Waals surface area contributed by atoms with E-state index in [2.05, 4.69) is 24.1 Å². The smallest absolute Gasteiger partial charge is 0.0221 e. The van der Waals surface area contributed by atoms with Gasteiger partial charge in [-0.15, -0.1) is 0 Å². The highest BCUT2D eigenvalue weighted by Gasteiger charge is 2.28. The van der Waals surface area contributed by atoms with Crippen LogP contribution in [0, 0.1) is 5.92 Å². The van der Waals surface area contributed by atoms with Crippen LogP contribution in [-0.4, -0.2) is 36.6 Å². The lowest BCUT2D eigenvalue weighted by Gasteiger charge is -2.34. The molecule has 1 N–H and O–H groups in total. The highest BCUT2D eigenvalue weighted by molar-refractivity contribution is 4.85. The summed E-state index contributed by atoms with van der Waals surface area (Å²) in [6, 6.07) is 1.58. The minimum Gasteiger partial charge on any atom is -0.313 e. The first kappa shape index (κ1) is 9.47. The molecule has 0 aromatic heterocycles. The monoisotopic (exact) mass is 182 g/mol. The molecule has 2 aliphatic rings. The van der Waals surface area contributed by atoms with E-state index in [1.165, 1.54) is 38.9 Å². The van der Waals surface area contributed by atoms with Gasteiger partial charge in [0.05, 0.1) is 0 Å². The number of rotatable bonds is 1. The van der Waals surface area contributed by atoms with Crippen LogP contribution in [0.2, 0.25) is 0 Å². The molecule has 2 saturated heterocycles. The van der Waals surface area contributed by atoms with E-state index in [0.29, 0.717) is 0 Å². The van der Waals surface area contributed by atoms with Gasteiger partial charge in [0.25, 0.3) is 0 Å². The number of nitrogens with one attached hydrogen (secondary N) is 1. The Balaban J connectivity index is 1.81. The van der Waals surface area contributed by atoms with Crippen molar-refractivity contribution in [3.05, 3.63) is 0 Å². The first-order valence-electron chi connectivity index (χ1n) is 5.73. The van der Waals surface area contributed by atoms with Crippen molar-refractivity contribution in [2.24, 2.45) is 5.92 Å². The van der Waals surface area contributed by atoms with Crippen molar-refractivity contribution < 1.29 is 0 Å². The van der Waals surface area contributed by atoms with Gasteiger partial charge in [-0.3, -0.25) is 4.90 Å². The molecule has 76 valence electrons. The molecule has 2 nitrogen and oxygen atoms in total. The molecular weight excluding hydrogens is 160 g/mol. The van der Waals surface area contributed by atoms with E-state index in [9.17, 15) is 0 Å². The summed E-state index contributed by atoms with van der Waals surface area (Å²) in [5, 5.41) is 3.58. The van der Waals surface area contributed by atoms with Gasteiger partial charge < -0.3 is 5.32 Å². The largest absolute Gasteiger partial charge is 0.313 e. The minimum absolute atomic E-state index is 0.747. The van der Waals surface area contributed by atoms with Crippen LogP contribution in [0.5, 0.6) is 0 Å². The number of hydrogen-bond donors (Lipinski definition) is 1. The summed E-state index contributed by atoms with van der Waals surface area (Å²) in [6.07, 6.45) is 4.17. The van der Waals surface area contributed by atoms with Crippen LogP contribution >= 0.6 is 0 Å². The summed E-state index contributed by atoms with van der Waals surface area (Å²) in [5.41, 5.74) is 0. The van der Waals surface area contributed by atoms with Gasteiger partial charge in [-0.1, -0.05) is 6.92 Å². The van der Waals surface area contributed by atoms with Crippen LogP contribution in [0.4, 0.5) is 0 Å². The Hall–Kier alpha value is -0.0800. The number of piperidine rings is 1. The normalized spacial score (nSPS) is 42.5. The van der Waals surface area contributed by atoms with Crippen LogP contribution in [0.15, 0.2) is 0 Å². The highest BCUT2D eigenvalue weighted by Crippen LogP contribution is 2.22. The zero-order valence-electron chi connectivity index (χ0n) is 8.92. The van der Waals surface area contributed by atoms with E-state index in [1.54, 1.807) is 0 Å². The second-order valence-corrected chi connectivity index (χ2v) is 4.93. The average molecular weight is 182 g/mol. The maximum Gasteiger partial charge on any atom is 0.0221 e. The van der Waals surface area contributed by atoms with Gasteiger partial charge in [0.2, 0.25) is 0 Å². The van der Waals surface area contributed by atoms with Crippen LogP contribution in [0.1, 0.15) is 33.1 Å². The molecule has 2 rings (SSSR count). The molecule has 0 aromatic carbocycles. The second-order valence-electron chi connectivity index (χ2n) is 4.93. The molecular formula is C11H22N2. The molecule has 2 aliphatic heterocycles. The van der Waals surface area contributed by atoms with Gasteiger partial charge in [-0.05, 0) is 38.6 Å².